The summed E-state index contributed by atoms with van der Waals surface area (Å²) in [4.78, 5) is 3.41. The average Bonchev–Trinajstić information content (AvgIpc) is 2.88. The molecule has 1 aromatic heterocycles. The van der Waals surface area contributed by atoms with Gasteiger partial charge in [-0.15, -0.1) is 0 Å². The Balaban J connectivity index is 1.92. The molecule has 0 fully saturated rings. The van der Waals surface area contributed by atoms with Gasteiger partial charge in [-0.05, 0) is 48.4 Å². The van der Waals surface area contributed by atoms with Crippen LogP contribution in [0.4, 0.5) is 0 Å². The van der Waals surface area contributed by atoms with Crippen molar-refractivity contribution in [3.8, 4) is 11.5 Å². The number of nitrogens with one attached hydrogen (secondary N) is 2. The Labute approximate surface area is 132 Å². The zero-order valence-corrected chi connectivity index (χ0v) is 12.5. The maximum absolute atomic E-state index is 10.2. The standard InChI is InChI=1S/C17H15ClN2O2/c18-9-1-4-15(22)13(7-9)16-17-11(5-6-19-16)12-8-10(21)2-3-14(12)20-17/h1-4,7-8,16,19-22H,5-6H2. The molecular formula is C17H15ClN2O2. The molecule has 0 radical (unpaired) electrons. The topological polar surface area (TPSA) is 68.3 Å². The molecule has 1 aliphatic heterocycles. The van der Waals surface area contributed by atoms with Gasteiger partial charge in [0.15, 0.2) is 0 Å². The van der Waals surface area contributed by atoms with Crippen LogP contribution in [0.1, 0.15) is 22.9 Å². The number of rotatable bonds is 1. The van der Waals surface area contributed by atoms with Crippen LogP contribution < -0.4 is 5.32 Å². The van der Waals surface area contributed by atoms with Crippen LogP contribution in [-0.4, -0.2) is 21.7 Å². The molecule has 4 rings (SSSR count). The molecule has 1 atom stereocenters. The van der Waals surface area contributed by atoms with Gasteiger partial charge in [-0.25, -0.2) is 0 Å². The van der Waals surface area contributed by atoms with E-state index in [-0.39, 0.29) is 17.5 Å². The van der Waals surface area contributed by atoms with E-state index in [1.165, 1.54) is 5.56 Å². The first-order valence-corrected chi connectivity index (χ1v) is 7.56. The van der Waals surface area contributed by atoms with Crippen molar-refractivity contribution >= 4 is 22.5 Å². The molecule has 0 aliphatic carbocycles. The minimum Gasteiger partial charge on any atom is -0.508 e. The highest BCUT2D eigenvalue weighted by molar-refractivity contribution is 6.30. The van der Waals surface area contributed by atoms with Crippen LogP contribution in [0.5, 0.6) is 11.5 Å². The van der Waals surface area contributed by atoms with Crippen molar-refractivity contribution in [1.29, 1.82) is 0 Å². The second kappa shape index (κ2) is 4.93. The Kier molecular flexibility index (Phi) is 3.03. The van der Waals surface area contributed by atoms with Crippen molar-refractivity contribution in [2.75, 3.05) is 6.54 Å². The van der Waals surface area contributed by atoms with E-state index in [1.54, 1.807) is 30.3 Å². The molecule has 2 aromatic carbocycles. The quantitative estimate of drug-likeness (QED) is 0.556. The summed E-state index contributed by atoms with van der Waals surface area (Å²) in [5.74, 6) is 0.478. The minimum absolute atomic E-state index is 0.142. The summed E-state index contributed by atoms with van der Waals surface area (Å²) in [6, 6.07) is 10.3. The van der Waals surface area contributed by atoms with Gasteiger partial charge in [0.1, 0.15) is 11.5 Å². The van der Waals surface area contributed by atoms with Crippen molar-refractivity contribution in [3.05, 3.63) is 58.2 Å². The van der Waals surface area contributed by atoms with E-state index in [9.17, 15) is 10.2 Å². The Morgan fingerprint density at radius 2 is 1.95 bits per heavy atom. The number of aromatic amines is 1. The maximum atomic E-state index is 10.2. The van der Waals surface area contributed by atoms with Gasteiger partial charge < -0.3 is 20.5 Å². The van der Waals surface area contributed by atoms with Crippen LogP contribution in [-0.2, 0) is 6.42 Å². The fraction of sp³-hybridized carbons (Fsp3) is 0.176. The monoisotopic (exact) mass is 314 g/mol. The van der Waals surface area contributed by atoms with Gasteiger partial charge in [-0.3, -0.25) is 0 Å². The third-order valence-electron chi connectivity index (χ3n) is 4.24. The zero-order chi connectivity index (χ0) is 15.3. The van der Waals surface area contributed by atoms with E-state index >= 15 is 0 Å². The van der Waals surface area contributed by atoms with E-state index in [2.05, 4.69) is 10.3 Å². The van der Waals surface area contributed by atoms with Crippen LogP contribution in [0.3, 0.4) is 0 Å². The normalized spacial score (nSPS) is 17.6. The average molecular weight is 315 g/mol. The second-order valence-corrected chi connectivity index (χ2v) is 6.02. The molecule has 1 aliphatic rings. The smallest absolute Gasteiger partial charge is 0.120 e. The molecule has 5 heteroatoms. The van der Waals surface area contributed by atoms with Crippen molar-refractivity contribution in [2.24, 2.45) is 0 Å². The van der Waals surface area contributed by atoms with Gasteiger partial charge in [0, 0.05) is 33.7 Å². The molecule has 0 spiro atoms. The lowest BCUT2D eigenvalue weighted by Gasteiger charge is -2.25. The van der Waals surface area contributed by atoms with Gasteiger partial charge in [0.2, 0.25) is 0 Å². The van der Waals surface area contributed by atoms with E-state index in [0.717, 1.165) is 35.1 Å². The molecule has 3 aromatic rings. The van der Waals surface area contributed by atoms with Crippen molar-refractivity contribution in [1.82, 2.24) is 10.3 Å². The Morgan fingerprint density at radius 3 is 2.82 bits per heavy atom. The van der Waals surface area contributed by atoms with Gasteiger partial charge in [0.25, 0.3) is 0 Å². The minimum atomic E-state index is -0.142. The molecule has 22 heavy (non-hydrogen) atoms. The Hall–Kier alpha value is -2.17. The third-order valence-corrected chi connectivity index (χ3v) is 4.47. The van der Waals surface area contributed by atoms with Crippen molar-refractivity contribution in [3.63, 3.8) is 0 Å². The highest BCUT2D eigenvalue weighted by Gasteiger charge is 2.27. The summed E-state index contributed by atoms with van der Waals surface area (Å²) in [7, 11) is 0. The first kappa shape index (κ1) is 13.5. The molecule has 4 nitrogen and oxygen atoms in total. The van der Waals surface area contributed by atoms with E-state index in [1.807, 2.05) is 6.07 Å². The van der Waals surface area contributed by atoms with Crippen molar-refractivity contribution < 1.29 is 10.2 Å². The van der Waals surface area contributed by atoms with Gasteiger partial charge >= 0.3 is 0 Å². The van der Waals surface area contributed by atoms with Crippen LogP contribution in [0.2, 0.25) is 5.02 Å². The van der Waals surface area contributed by atoms with Crippen LogP contribution in [0.25, 0.3) is 10.9 Å². The lowest BCUT2D eigenvalue weighted by atomic mass is 9.94. The van der Waals surface area contributed by atoms with Gasteiger partial charge in [0.05, 0.1) is 6.04 Å². The molecule has 1 unspecified atom stereocenters. The molecule has 0 saturated carbocycles. The highest BCUT2D eigenvalue weighted by Crippen LogP contribution is 2.38. The predicted molar refractivity (Wildman–Crippen MR) is 86.6 cm³/mol. The molecule has 0 amide bonds. The molecule has 4 N–H and O–H groups in total. The molecule has 2 heterocycles. The summed E-state index contributed by atoms with van der Waals surface area (Å²) in [5, 5.41) is 25.0. The zero-order valence-electron chi connectivity index (χ0n) is 11.7. The Morgan fingerprint density at radius 1 is 1.09 bits per heavy atom. The number of aromatic nitrogens is 1. The first-order chi connectivity index (χ1) is 10.6. The van der Waals surface area contributed by atoms with Gasteiger partial charge in [-0.2, -0.15) is 0 Å². The molecule has 112 valence electrons. The lowest BCUT2D eigenvalue weighted by molar-refractivity contribution is 0.452. The number of benzene rings is 2. The number of H-pyrrole nitrogens is 1. The number of halogens is 1. The summed E-state index contributed by atoms with van der Waals surface area (Å²) >= 11 is 6.08. The summed E-state index contributed by atoms with van der Waals surface area (Å²) in [6.07, 6.45) is 0.872. The molecule has 0 saturated heterocycles. The fourth-order valence-electron chi connectivity index (χ4n) is 3.24. The Bertz CT molecular complexity index is 872. The predicted octanol–water partition coefficient (Wildman–Crippen LogP) is 3.47. The number of phenols is 2. The van der Waals surface area contributed by atoms with Crippen LogP contribution in [0, 0.1) is 0 Å². The number of hydrogen-bond acceptors (Lipinski definition) is 3. The van der Waals surface area contributed by atoms with Crippen LogP contribution >= 0.6 is 11.6 Å². The molecular weight excluding hydrogens is 300 g/mol. The lowest BCUT2D eigenvalue weighted by Crippen LogP contribution is -2.30. The highest BCUT2D eigenvalue weighted by atomic mass is 35.5. The van der Waals surface area contributed by atoms with Gasteiger partial charge in [-0.1, -0.05) is 11.6 Å². The SMILES string of the molecule is Oc1ccc2[nH]c3c(c2c1)CCNC3c1cc(Cl)ccc1O. The number of phenolic OH excluding ortho intramolecular Hbond substituents is 2. The summed E-state index contributed by atoms with van der Waals surface area (Å²) < 4.78 is 0. The number of fused-ring (bicyclic) bond motifs is 3. The van der Waals surface area contributed by atoms with E-state index in [4.69, 9.17) is 11.6 Å². The third kappa shape index (κ3) is 2.03. The summed E-state index contributed by atoms with van der Waals surface area (Å²) in [6.45, 7) is 0.798. The summed E-state index contributed by atoms with van der Waals surface area (Å²) in [5.41, 5.74) is 3.93. The second-order valence-electron chi connectivity index (χ2n) is 5.59. The van der Waals surface area contributed by atoms with Crippen molar-refractivity contribution in [2.45, 2.75) is 12.5 Å². The molecule has 0 bridgehead atoms. The van der Waals surface area contributed by atoms with Crippen LogP contribution in [0.15, 0.2) is 36.4 Å². The number of aromatic hydroxyl groups is 2. The first-order valence-electron chi connectivity index (χ1n) is 7.19. The largest absolute Gasteiger partial charge is 0.508 e. The maximum Gasteiger partial charge on any atom is 0.120 e. The van der Waals surface area contributed by atoms with E-state index < -0.39 is 0 Å². The van der Waals surface area contributed by atoms with E-state index in [0.29, 0.717) is 5.02 Å². The fourth-order valence-corrected chi connectivity index (χ4v) is 3.42. The number of hydrogen-bond donors (Lipinski definition) is 4.